The Hall–Kier alpha value is -2.26. The molecule has 3 rings (SSSR count). The van der Waals surface area contributed by atoms with Crippen LogP contribution in [0.25, 0.3) is 0 Å². The molecule has 4 atom stereocenters. The smallest absolute Gasteiger partial charge is 0.317 e. The number of halogens is 2. The molecule has 1 aliphatic heterocycles. The number of carbonyl (C=O) groups excluding carboxylic acids is 2. The van der Waals surface area contributed by atoms with E-state index >= 15 is 0 Å². The first-order valence-electron chi connectivity index (χ1n) is 13.8. The van der Waals surface area contributed by atoms with Gasteiger partial charge in [-0.2, -0.15) is 0 Å². The van der Waals surface area contributed by atoms with Crippen molar-refractivity contribution in [3.63, 3.8) is 0 Å². The first-order chi connectivity index (χ1) is 17.7. The highest BCUT2D eigenvalue weighted by atomic mass is 19.2. The third kappa shape index (κ3) is 8.11. The largest absolute Gasteiger partial charge is 0.363 e. The molecule has 1 saturated carbocycles. The highest BCUT2D eigenvalue weighted by molar-refractivity contribution is 5.77. The number of nitrogens with zero attached hydrogens (tertiary/aromatic N) is 1. The lowest BCUT2D eigenvalue weighted by molar-refractivity contribution is -0.130. The minimum absolute atomic E-state index is 0.0478. The number of benzene rings is 1. The van der Waals surface area contributed by atoms with E-state index in [2.05, 4.69) is 16.0 Å². The third-order valence-corrected chi connectivity index (χ3v) is 7.69. The highest BCUT2D eigenvalue weighted by Gasteiger charge is 2.35. The first kappa shape index (κ1) is 29.3. The molecule has 1 saturated heterocycles. The average molecular weight is 523 g/mol. The van der Waals surface area contributed by atoms with Gasteiger partial charge in [0.1, 0.15) is 6.61 Å². The van der Waals surface area contributed by atoms with Gasteiger partial charge >= 0.3 is 6.03 Å². The summed E-state index contributed by atoms with van der Waals surface area (Å²) in [7, 11) is 1.95. The van der Waals surface area contributed by atoms with Crippen LogP contribution >= 0.6 is 0 Å². The number of carbonyl (C=O) groups is 2. The standard InChI is InChI=1S/C28H44F2N4O3/c1-18(2)32-24(35)17-37-27(22-13-8-14-23(29)25(22)30)21-12-9-15-34(16-21)28(36)33-19(3)26(31-4)20-10-6-5-7-11-20/h8,13-14,18-21,26-27,31H,5-7,9-12,15-17H2,1-4H3,(H,32,35)(H,33,36)/t19?,21-,26+,27?/m1/s1. The lowest BCUT2D eigenvalue weighted by Gasteiger charge is -2.39. The molecule has 0 aromatic heterocycles. The van der Waals surface area contributed by atoms with E-state index < -0.39 is 17.7 Å². The lowest BCUT2D eigenvalue weighted by Crippen LogP contribution is -2.55. The van der Waals surface area contributed by atoms with Crippen LogP contribution < -0.4 is 16.0 Å². The second kappa shape index (κ2) is 14.0. The Labute approximate surface area is 220 Å². The molecule has 2 aliphatic rings. The number of nitrogens with one attached hydrogen (secondary N) is 3. The van der Waals surface area contributed by atoms with Gasteiger partial charge in [-0.1, -0.05) is 31.4 Å². The van der Waals surface area contributed by atoms with E-state index in [0.29, 0.717) is 31.8 Å². The van der Waals surface area contributed by atoms with Gasteiger partial charge in [0.25, 0.3) is 0 Å². The summed E-state index contributed by atoms with van der Waals surface area (Å²) in [6.07, 6.45) is 6.59. The predicted octanol–water partition coefficient (Wildman–Crippen LogP) is 4.53. The van der Waals surface area contributed by atoms with Gasteiger partial charge < -0.3 is 25.6 Å². The number of ether oxygens (including phenoxy) is 1. The number of amides is 3. The van der Waals surface area contributed by atoms with Gasteiger partial charge in [0, 0.05) is 42.7 Å². The molecule has 37 heavy (non-hydrogen) atoms. The number of likely N-dealkylation sites (tertiary alicyclic amines) is 1. The van der Waals surface area contributed by atoms with Gasteiger partial charge in [-0.05, 0) is 65.5 Å². The molecule has 0 spiro atoms. The van der Waals surface area contributed by atoms with Crippen LogP contribution in [0, 0.1) is 23.5 Å². The molecule has 9 heteroatoms. The zero-order chi connectivity index (χ0) is 26.9. The molecule has 0 radical (unpaired) electrons. The molecule has 1 aromatic carbocycles. The van der Waals surface area contributed by atoms with Gasteiger partial charge in [0.05, 0.1) is 6.10 Å². The second-order valence-electron chi connectivity index (χ2n) is 10.9. The molecule has 2 unspecified atom stereocenters. The molecule has 7 nitrogen and oxygen atoms in total. The first-order valence-corrected chi connectivity index (χ1v) is 13.8. The van der Waals surface area contributed by atoms with Crippen LogP contribution in [0.5, 0.6) is 0 Å². The Kier molecular flexibility index (Phi) is 11.1. The zero-order valence-corrected chi connectivity index (χ0v) is 22.7. The van der Waals surface area contributed by atoms with Crippen molar-refractivity contribution in [1.82, 2.24) is 20.9 Å². The SMILES string of the molecule is CN[C@H](C1CCCCC1)C(C)NC(=O)N1CCC[C@@H](C(OCC(=O)NC(C)C)c2cccc(F)c2F)C1. The summed E-state index contributed by atoms with van der Waals surface area (Å²) in [5, 5.41) is 9.35. The molecule has 3 N–H and O–H groups in total. The van der Waals surface area contributed by atoms with Gasteiger partial charge in [0.2, 0.25) is 5.91 Å². The fourth-order valence-corrected chi connectivity index (χ4v) is 5.95. The molecule has 0 bridgehead atoms. The van der Waals surface area contributed by atoms with Crippen molar-refractivity contribution in [3.8, 4) is 0 Å². The van der Waals surface area contributed by atoms with E-state index in [4.69, 9.17) is 4.74 Å². The number of urea groups is 1. The van der Waals surface area contributed by atoms with Crippen LogP contribution in [0.2, 0.25) is 0 Å². The molecule has 1 aliphatic carbocycles. The maximum atomic E-state index is 14.8. The van der Waals surface area contributed by atoms with Crippen LogP contribution in [-0.4, -0.2) is 61.7 Å². The topological polar surface area (TPSA) is 82.7 Å². The molecular weight excluding hydrogens is 478 g/mol. The van der Waals surface area contributed by atoms with E-state index in [1.165, 1.54) is 44.2 Å². The maximum absolute atomic E-state index is 14.8. The Morgan fingerprint density at radius 2 is 1.73 bits per heavy atom. The van der Waals surface area contributed by atoms with Crippen LogP contribution in [0.4, 0.5) is 13.6 Å². The lowest BCUT2D eigenvalue weighted by atomic mass is 9.81. The summed E-state index contributed by atoms with van der Waals surface area (Å²) in [6, 6.07) is 3.92. The van der Waals surface area contributed by atoms with Crippen molar-refractivity contribution in [2.45, 2.75) is 89.9 Å². The maximum Gasteiger partial charge on any atom is 0.317 e. The van der Waals surface area contributed by atoms with Gasteiger partial charge in [-0.25, -0.2) is 13.6 Å². The van der Waals surface area contributed by atoms with E-state index in [1.807, 2.05) is 27.8 Å². The second-order valence-corrected chi connectivity index (χ2v) is 10.9. The molecule has 1 aromatic rings. The summed E-state index contributed by atoms with van der Waals surface area (Å²) >= 11 is 0. The highest BCUT2D eigenvalue weighted by Crippen LogP contribution is 2.35. The van der Waals surface area contributed by atoms with Crippen molar-refractivity contribution in [2.24, 2.45) is 11.8 Å². The molecular formula is C28H44F2N4O3. The summed E-state index contributed by atoms with van der Waals surface area (Å²) in [5.74, 6) is -2.00. The van der Waals surface area contributed by atoms with E-state index in [9.17, 15) is 18.4 Å². The van der Waals surface area contributed by atoms with Crippen LogP contribution in [0.1, 0.15) is 77.4 Å². The minimum atomic E-state index is -0.976. The number of hydrogen-bond acceptors (Lipinski definition) is 4. The Morgan fingerprint density at radius 1 is 1.03 bits per heavy atom. The number of likely N-dealkylation sites (N-methyl/N-ethyl adjacent to an activating group) is 1. The summed E-state index contributed by atoms with van der Waals surface area (Å²) in [6.45, 7) is 6.36. The zero-order valence-electron chi connectivity index (χ0n) is 22.7. The fraction of sp³-hybridized carbons (Fsp3) is 0.714. The molecule has 3 amide bonds. The molecule has 1 heterocycles. The summed E-state index contributed by atoms with van der Waals surface area (Å²) < 4.78 is 34.8. The molecule has 2 fully saturated rings. The summed E-state index contributed by atoms with van der Waals surface area (Å²) in [4.78, 5) is 27.3. The van der Waals surface area contributed by atoms with E-state index in [0.717, 1.165) is 6.07 Å². The van der Waals surface area contributed by atoms with Crippen molar-refractivity contribution < 1.29 is 23.1 Å². The van der Waals surface area contributed by atoms with Crippen LogP contribution in [-0.2, 0) is 9.53 Å². The number of rotatable bonds is 10. The Balaban J connectivity index is 1.70. The molecule has 208 valence electrons. The number of hydrogen-bond donors (Lipinski definition) is 3. The van der Waals surface area contributed by atoms with Gasteiger partial charge in [-0.15, -0.1) is 0 Å². The predicted molar refractivity (Wildman–Crippen MR) is 140 cm³/mol. The van der Waals surface area contributed by atoms with Crippen molar-refractivity contribution in [3.05, 3.63) is 35.4 Å². The Bertz CT molecular complexity index is 894. The number of piperidine rings is 1. The van der Waals surface area contributed by atoms with Crippen LogP contribution in [0.3, 0.4) is 0 Å². The van der Waals surface area contributed by atoms with E-state index in [1.54, 1.807) is 4.90 Å². The Morgan fingerprint density at radius 3 is 2.41 bits per heavy atom. The monoisotopic (exact) mass is 522 g/mol. The van der Waals surface area contributed by atoms with Gasteiger partial charge in [0.15, 0.2) is 11.6 Å². The van der Waals surface area contributed by atoms with Crippen molar-refractivity contribution in [1.29, 1.82) is 0 Å². The van der Waals surface area contributed by atoms with Crippen molar-refractivity contribution >= 4 is 11.9 Å². The normalized spacial score (nSPS) is 21.4. The quantitative estimate of drug-likeness (QED) is 0.422. The minimum Gasteiger partial charge on any atom is -0.363 e. The average Bonchev–Trinajstić information content (AvgIpc) is 2.87. The third-order valence-electron chi connectivity index (χ3n) is 7.69. The van der Waals surface area contributed by atoms with Gasteiger partial charge in [-0.3, -0.25) is 4.79 Å². The van der Waals surface area contributed by atoms with Crippen molar-refractivity contribution in [2.75, 3.05) is 26.7 Å². The summed E-state index contributed by atoms with van der Waals surface area (Å²) in [5.41, 5.74) is 0.0746. The van der Waals surface area contributed by atoms with Crippen LogP contribution in [0.15, 0.2) is 18.2 Å². The van der Waals surface area contributed by atoms with E-state index in [-0.39, 0.29) is 48.2 Å². The fourth-order valence-electron chi connectivity index (χ4n) is 5.95.